The molecule has 2 aliphatic rings. The number of fused-ring (bicyclic) bond motifs is 2. The number of carbonyl (C=O) groups is 2. The number of hydrogen-bond donors (Lipinski definition) is 0. The molecule has 5 nitrogen and oxygen atoms in total. The van der Waals surface area contributed by atoms with Crippen molar-refractivity contribution in [3.05, 3.63) is 89.4 Å². The Kier molecular flexibility index (Phi) is 4.01. The Balaban J connectivity index is 1.52. The van der Waals surface area contributed by atoms with Gasteiger partial charge in [0.15, 0.2) is 5.76 Å². The Morgan fingerprint density at radius 3 is 2.43 bits per heavy atom. The van der Waals surface area contributed by atoms with Crippen molar-refractivity contribution in [3.8, 4) is 0 Å². The van der Waals surface area contributed by atoms with Crippen LogP contribution in [0, 0.1) is 0 Å². The van der Waals surface area contributed by atoms with E-state index in [9.17, 15) is 9.59 Å². The average Bonchev–Trinajstić information content (AvgIpc) is 3.42. The van der Waals surface area contributed by atoms with Gasteiger partial charge < -0.3 is 14.2 Å². The van der Waals surface area contributed by atoms with Crippen LogP contribution in [-0.2, 0) is 24.2 Å². The molecule has 5 heteroatoms. The summed E-state index contributed by atoms with van der Waals surface area (Å²) in [5, 5.41) is 0. The summed E-state index contributed by atoms with van der Waals surface area (Å²) in [7, 11) is 0. The molecule has 2 amide bonds. The smallest absolute Gasteiger partial charge is 0.290 e. The van der Waals surface area contributed by atoms with E-state index in [-0.39, 0.29) is 17.6 Å². The number of para-hydroxylation sites is 1. The van der Waals surface area contributed by atoms with Crippen LogP contribution < -0.4 is 4.90 Å². The minimum Gasteiger partial charge on any atom is -0.459 e. The van der Waals surface area contributed by atoms with Crippen LogP contribution >= 0.6 is 0 Å². The van der Waals surface area contributed by atoms with Gasteiger partial charge in [-0.05, 0) is 41.3 Å². The predicted molar refractivity (Wildman–Crippen MR) is 105 cm³/mol. The Labute approximate surface area is 163 Å². The van der Waals surface area contributed by atoms with Crippen LogP contribution in [0.3, 0.4) is 0 Å². The first-order valence-corrected chi connectivity index (χ1v) is 9.53. The Hall–Kier alpha value is -3.34. The lowest BCUT2D eigenvalue weighted by Gasteiger charge is -2.37. The number of amides is 2. The molecule has 0 fully saturated rings. The minimum atomic E-state index is -0.543. The zero-order chi connectivity index (χ0) is 19.1. The van der Waals surface area contributed by atoms with E-state index in [0.717, 1.165) is 23.2 Å². The third-order valence-electron chi connectivity index (χ3n) is 5.68. The Morgan fingerprint density at radius 1 is 0.893 bits per heavy atom. The zero-order valence-corrected chi connectivity index (χ0v) is 15.4. The summed E-state index contributed by atoms with van der Waals surface area (Å²) in [6.07, 6.45) is 2.84. The molecule has 0 saturated heterocycles. The first-order valence-electron chi connectivity index (χ1n) is 9.53. The van der Waals surface area contributed by atoms with Crippen LogP contribution in [0.4, 0.5) is 5.69 Å². The fourth-order valence-electron chi connectivity index (χ4n) is 4.25. The maximum absolute atomic E-state index is 13.6. The van der Waals surface area contributed by atoms with Crippen LogP contribution in [0.2, 0.25) is 0 Å². The fraction of sp³-hybridized carbons (Fsp3) is 0.217. The average molecular weight is 372 g/mol. The van der Waals surface area contributed by atoms with Crippen molar-refractivity contribution in [3.63, 3.8) is 0 Å². The summed E-state index contributed by atoms with van der Waals surface area (Å²) in [5.41, 5.74) is 4.33. The summed E-state index contributed by atoms with van der Waals surface area (Å²) in [6.45, 7) is 1.06. The summed E-state index contributed by atoms with van der Waals surface area (Å²) in [6, 6.07) is 18.8. The molecule has 2 aliphatic heterocycles. The van der Waals surface area contributed by atoms with Gasteiger partial charge in [0.25, 0.3) is 5.91 Å². The third kappa shape index (κ3) is 2.71. The SMILES string of the molecule is O=C([C@H]1Cc2ccccc2CN1C(=O)c1ccco1)N1CCc2ccccc21. The zero-order valence-electron chi connectivity index (χ0n) is 15.4. The van der Waals surface area contributed by atoms with Gasteiger partial charge in [-0.15, -0.1) is 0 Å². The van der Waals surface area contributed by atoms with Gasteiger partial charge in [0.1, 0.15) is 6.04 Å². The van der Waals surface area contributed by atoms with Crippen LogP contribution in [0.25, 0.3) is 0 Å². The molecule has 2 aromatic carbocycles. The van der Waals surface area contributed by atoms with Crippen molar-refractivity contribution < 1.29 is 14.0 Å². The predicted octanol–water partition coefficient (Wildman–Crippen LogP) is 3.44. The first kappa shape index (κ1) is 16.8. The van der Waals surface area contributed by atoms with Crippen LogP contribution in [-0.4, -0.2) is 29.3 Å². The fourth-order valence-corrected chi connectivity index (χ4v) is 4.25. The summed E-state index contributed by atoms with van der Waals surface area (Å²) in [4.78, 5) is 30.2. The van der Waals surface area contributed by atoms with Crippen molar-refractivity contribution in [2.75, 3.05) is 11.4 Å². The molecule has 5 rings (SSSR count). The summed E-state index contributed by atoms with van der Waals surface area (Å²) >= 11 is 0. The second-order valence-electron chi connectivity index (χ2n) is 7.27. The second-order valence-corrected chi connectivity index (χ2v) is 7.27. The molecular formula is C23H20N2O3. The third-order valence-corrected chi connectivity index (χ3v) is 5.68. The van der Waals surface area contributed by atoms with E-state index in [4.69, 9.17) is 4.42 Å². The maximum atomic E-state index is 13.6. The number of hydrogen-bond acceptors (Lipinski definition) is 3. The van der Waals surface area contributed by atoms with Gasteiger partial charge in [0.2, 0.25) is 5.91 Å². The number of benzene rings is 2. The van der Waals surface area contributed by atoms with Gasteiger partial charge in [-0.1, -0.05) is 42.5 Å². The molecule has 0 radical (unpaired) electrons. The normalized spacial score (nSPS) is 17.9. The van der Waals surface area contributed by atoms with Gasteiger partial charge in [0.05, 0.1) is 6.26 Å². The molecule has 0 spiro atoms. The van der Waals surface area contributed by atoms with Crippen molar-refractivity contribution in [2.45, 2.75) is 25.4 Å². The Bertz CT molecular complexity index is 1040. The number of nitrogens with zero attached hydrogens (tertiary/aromatic N) is 2. The van der Waals surface area contributed by atoms with Gasteiger partial charge >= 0.3 is 0 Å². The maximum Gasteiger partial charge on any atom is 0.290 e. The highest BCUT2D eigenvalue weighted by Gasteiger charge is 2.39. The van der Waals surface area contributed by atoms with Crippen LogP contribution in [0.1, 0.15) is 27.2 Å². The lowest BCUT2D eigenvalue weighted by molar-refractivity contribution is -0.123. The van der Waals surface area contributed by atoms with Gasteiger partial charge in [-0.3, -0.25) is 9.59 Å². The number of furan rings is 1. The van der Waals surface area contributed by atoms with Crippen molar-refractivity contribution in [2.24, 2.45) is 0 Å². The Morgan fingerprint density at radius 2 is 1.64 bits per heavy atom. The molecule has 140 valence electrons. The summed E-state index contributed by atoms with van der Waals surface area (Å²) in [5.74, 6) is -0.0105. The molecule has 0 saturated carbocycles. The van der Waals surface area contributed by atoms with E-state index in [1.165, 1.54) is 11.8 Å². The van der Waals surface area contributed by atoms with E-state index in [2.05, 4.69) is 6.07 Å². The monoisotopic (exact) mass is 372 g/mol. The van der Waals surface area contributed by atoms with Gasteiger partial charge in [0, 0.05) is 25.2 Å². The minimum absolute atomic E-state index is 0.0284. The van der Waals surface area contributed by atoms with E-state index >= 15 is 0 Å². The molecule has 3 heterocycles. The largest absolute Gasteiger partial charge is 0.459 e. The molecule has 0 N–H and O–H groups in total. The number of rotatable bonds is 2. The quantitative estimate of drug-likeness (QED) is 0.692. The topological polar surface area (TPSA) is 53.8 Å². The molecule has 3 aromatic rings. The highest BCUT2D eigenvalue weighted by atomic mass is 16.3. The lowest BCUT2D eigenvalue weighted by atomic mass is 9.93. The van der Waals surface area contributed by atoms with Crippen LogP contribution in [0.5, 0.6) is 0 Å². The lowest BCUT2D eigenvalue weighted by Crippen LogP contribution is -2.53. The molecule has 28 heavy (non-hydrogen) atoms. The second kappa shape index (κ2) is 6.68. The number of anilines is 1. The molecule has 0 bridgehead atoms. The highest BCUT2D eigenvalue weighted by molar-refractivity contribution is 6.03. The van der Waals surface area contributed by atoms with E-state index < -0.39 is 6.04 Å². The van der Waals surface area contributed by atoms with Crippen molar-refractivity contribution in [1.29, 1.82) is 0 Å². The van der Waals surface area contributed by atoms with Crippen LogP contribution in [0.15, 0.2) is 71.3 Å². The van der Waals surface area contributed by atoms with Gasteiger partial charge in [-0.2, -0.15) is 0 Å². The standard InChI is InChI=1S/C23H20N2O3/c26-22(24-12-11-16-6-3-4-9-19(16)24)20-14-17-7-1-2-8-18(17)15-25(20)23(27)21-10-5-13-28-21/h1-10,13,20H,11-12,14-15H2/t20-/m1/s1. The molecule has 0 aliphatic carbocycles. The highest BCUT2D eigenvalue weighted by Crippen LogP contribution is 2.32. The van der Waals surface area contributed by atoms with E-state index in [1.54, 1.807) is 17.0 Å². The van der Waals surface area contributed by atoms with Gasteiger partial charge in [-0.25, -0.2) is 0 Å². The van der Waals surface area contributed by atoms with E-state index in [1.807, 2.05) is 47.4 Å². The molecular weight excluding hydrogens is 352 g/mol. The van der Waals surface area contributed by atoms with Crippen molar-refractivity contribution >= 4 is 17.5 Å². The van der Waals surface area contributed by atoms with E-state index in [0.29, 0.717) is 19.5 Å². The number of carbonyl (C=O) groups excluding carboxylic acids is 2. The van der Waals surface area contributed by atoms with Crippen molar-refractivity contribution in [1.82, 2.24) is 4.90 Å². The molecule has 0 unspecified atom stereocenters. The first-order chi connectivity index (χ1) is 13.7. The molecule has 1 atom stereocenters. The summed E-state index contributed by atoms with van der Waals surface area (Å²) < 4.78 is 5.33. The molecule has 1 aromatic heterocycles.